The van der Waals surface area contributed by atoms with E-state index >= 15 is 0 Å². The Morgan fingerprint density at radius 2 is 2.00 bits per heavy atom. The van der Waals surface area contributed by atoms with Gasteiger partial charge in [0.1, 0.15) is 11.4 Å². The van der Waals surface area contributed by atoms with Crippen molar-refractivity contribution in [2.24, 2.45) is 0 Å². The van der Waals surface area contributed by atoms with Gasteiger partial charge in [-0.05, 0) is 44.5 Å². The van der Waals surface area contributed by atoms with Crippen LogP contribution in [0.5, 0.6) is 5.75 Å². The van der Waals surface area contributed by atoms with E-state index in [4.69, 9.17) is 9.47 Å². The molecule has 134 valence electrons. The first kappa shape index (κ1) is 19.1. The van der Waals surface area contributed by atoms with E-state index in [1.807, 2.05) is 45.0 Å². The molecule has 1 aromatic heterocycles. The summed E-state index contributed by atoms with van der Waals surface area (Å²) in [4.78, 5) is 16.8. The summed E-state index contributed by atoms with van der Waals surface area (Å²) < 4.78 is 10.3. The zero-order valence-electron chi connectivity index (χ0n) is 14.9. The number of carbonyl (C=O) groups excluding carboxylic acids is 1. The summed E-state index contributed by atoms with van der Waals surface area (Å²) in [5.41, 5.74) is 0.296. The van der Waals surface area contributed by atoms with Gasteiger partial charge in [0.15, 0.2) is 0 Å². The SMILES string of the molecule is COc1ccc(C(O)Cc2ncc(/C=C/C(=O)OC(C)(C)C)s2)cc1. The van der Waals surface area contributed by atoms with Gasteiger partial charge in [0, 0.05) is 23.6 Å². The van der Waals surface area contributed by atoms with Crippen LogP contribution in [0, 0.1) is 0 Å². The lowest BCUT2D eigenvalue weighted by atomic mass is 10.1. The number of aliphatic hydroxyl groups is 1. The summed E-state index contributed by atoms with van der Waals surface area (Å²) in [6.07, 6.45) is 4.52. The number of thiazole rings is 1. The fourth-order valence-corrected chi connectivity index (χ4v) is 2.95. The third-order valence-corrected chi connectivity index (χ3v) is 4.22. The van der Waals surface area contributed by atoms with Crippen LogP contribution < -0.4 is 4.74 Å². The minimum Gasteiger partial charge on any atom is -0.497 e. The van der Waals surface area contributed by atoms with Crippen LogP contribution in [-0.4, -0.2) is 28.8 Å². The van der Waals surface area contributed by atoms with Gasteiger partial charge < -0.3 is 14.6 Å². The highest BCUT2D eigenvalue weighted by molar-refractivity contribution is 7.12. The molecule has 1 unspecified atom stereocenters. The van der Waals surface area contributed by atoms with Crippen molar-refractivity contribution < 1.29 is 19.4 Å². The number of benzene rings is 1. The zero-order valence-corrected chi connectivity index (χ0v) is 15.7. The normalized spacial score (nSPS) is 13.0. The topological polar surface area (TPSA) is 68.7 Å². The van der Waals surface area contributed by atoms with Crippen LogP contribution in [-0.2, 0) is 16.0 Å². The van der Waals surface area contributed by atoms with Crippen LogP contribution >= 0.6 is 11.3 Å². The summed E-state index contributed by atoms with van der Waals surface area (Å²) in [6, 6.07) is 7.30. The molecule has 0 saturated carbocycles. The molecule has 0 aliphatic carbocycles. The van der Waals surface area contributed by atoms with Crippen LogP contribution in [0.2, 0.25) is 0 Å². The molecule has 1 N–H and O–H groups in total. The van der Waals surface area contributed by atoms with Crippen molar-refractivity contribution in [2.45, 2.75) is 38.9 Å². The zero-order chi connectivity index (χ0) is 18.4. The molecule has 0 aliphatic heterocycles. The largest absolute Gasteiger partial charge is 0.497 e. The third-order valence-electron chi connectivity index (χ3n) is 3.23. The Labute approximate surface area is 151 Å². The average molecular weight is 361 g/mol. The first-order valence-corrected chi connectivity index (χ1v) is 8.76. The predicted molar refractivity (Wildman–Crippen MR) is 98.7 cm³/mol. The Kier molecular flexibility index (Phi) is 6.33. The van der Waals surface area contributed by atoms with Crippen molar-refractivity contribution in [3.8, 4) is 5.75 Å². The lowest BCUT2D eigenvalue weighted by Crippen LogP contribution is -2.22. The van der Waals surface area contributed by atoms with Crippen LogP contribution in [0.4, 0.5) is 0 Å². The Morgan fingerprint density at radius 3 is 2.60 bits per heavy atom. The molecule has 1 heterocycles. The maximum Gasteiger partial charge on any atom is 0.331 e. The molecule has 0 amide bonds. The van der Waals surface area contributed by atoms with Gasteiger partial charge in [0.25, 0.3) is 0 Å². The summed E-state index contributed by atoms with van der Waals surface area (Å²) in [6.45, 7) is 5.47. The summed E-state index contributed by atoms with van der Waals surface area (Å²) >= 11 is 1.43. The maximum absolute atomic E-state index is 11.7. The van der Waals surface area contributed by atoms with Crippen molar-refractivity contribution in [1.29, 1.82) is 0 Å². The van der Waals surface area contributed by atoms with E-state index < -0.39 is 11.7 Å². The molecule has 25 heavy (non-hydrogen) atoms. The molecular weight excluding hydrogens is 338 g/mol. The van der Waals surface area contributed by atoms with Crippen molar-refractivity contribution in [3.63, 3.8) is 0 Å². The van der Waals surface area contributed by atoms with E-state index in [0.717, 1.165) is 21.2 Å². The first-order chi connectivity index (χ1) is 11.8. The van der Waals surface area contributed by atoms with Crippen LogP contribution in [0.15, 0.2) is 36.5 Å². The summed E-state index contributed by atoms with van der Waals surface area (Å²) in [5, 5.41) is 11.1. The number of aromatic nitrogens is 1. The number of rotatable bonds is 6. The quantitative estimate of drug-likeness (QED) is 0.626. The molecule has 2 aromatic rings. The van der Waals surface area contributed by atoms with Gasteiger partial charge in [0.2, 0.25) is 0 Å². The highest BCUT2D eigenvalue weighted by Crippen LogP contribution is 2.24. The highest BCUT2D eigenvalue weighted by atomic mass is 32.1. The van der Waals surface area contributed by atoms with Crippen LogP contribution in [0.25, 0.3) is 6.08 Å². The number of hydrogen-bond donors (Lipinski definition) is 1. The minimum absolute atomic E-state index is 0.388. The van der Waals surface area contributed by atoms with Gasteiger partial charge in [-0.1, -0.05) is 12.1 Å². The predicted octanol–water partition coefficient (Wildman–Crippen LogP) is 3.78. The van der Waals surface area contributed by atoms with E-state index in [1.54, 1.807) is 19.4 Å². The molecule has 1 atom stereocenters. The second kappa shape index (κ2) is 8.27. The number of aliphatic hydroxyl groups excluding tert-OH is 1. The molecule has 0 spiro atoms. The molecule has 0 saturated heterocycles. The summed E-state index contributed by atoms with van der Waals surface area (Å²) in [5.74, 6) is 0.362. The van der Waals surface area contributed by atoms with E-state index in [9.17, 15) is 9.90 Å². The molecule has 0 bridgehead atoms. The monoisotopic (exact) mass is 361 g/mol. The first-order valence-electron chi connectivity index (χ1n) is 7.94. The van der Waals surface area contributed by atoms with Crippen molar-refractivity contribution in [3.05, 3.63) is 52.0 Å². The number of methoxy groups -OCH3 is 1. The Morgan fingerprint density at radius 1 is 1.32 bits per heavy atom. The Balaban J connectivity index is 1.95. The number of nitrogens with zero attached hydrogens (tertiary/aromatic N) is 1. The number of ether oxygens (including phenoxy) is 2. The molecular formula is C19H23NO4S. The number of esters is 1. The fourth-order valence-electron chi connectivity index (χ4n) is 2.09. The van der Waals surface area contributed by atoms with Gasteiger partial charge in [-0.15, -0.1) is 11.3 Å². The minimum atomic E-state index is -0.639. The maximum atomic E-state index is 11.7. The molecule has 2 rings (SSSR count). The molecule has 0 aliphatic rings. The van der Waals surface area contributed by atoms with E-state index in [1.165, 1.54) is 17.4 Å². The second-order valence-electron chi connectivity index (χ2n) is 6.52. The van der Waals surface area contributed by atoms with E-state index in [-0.39, 0.29) is 5.97 Å². The lowest BCUT2D eigenvalue weighted by Gasteiger charge is -2.17. The van der Waals surface area contributed by atoms with Crippen LogP contribution in [0.1, 0.15) is 42.3 Å². The molecule has 0 radical (unpaired) electrons. The van der Waals surface area contributed by atoms with Crippen molar-refractivity contribution in [1.82, 2.24) is 4.98 Å². The smallest absolute Gasteiger partial charge is 0.331 e. The van der Waals surface area contributed by atoms with E-state index in [0.29, 0.717) is 6.42 Å². The van der Waals surface area contributed by atoms with Gasteiger partial charge in [-0.3, -0.25) is 0 Å². The molecule has 1 aromatic carbocycles. The highest BCUT2D eigenvalue weighted by Gasteiger charge is 2.14. The Bertz CT molecular complexity index is 729. The number of hydrogen-bond acceptors (Lipinski definition) is 6. The second-order valence-corrected chi connectivity index (χ2v) is 7.66. The number of carbonyl (C=O) groups is 1. The fraction of sp³-hybridized carbons (Fsp3) is 0.368. The van der Waals surface area contributed by atoms with Crippen molar-refractivity contribution in [2.75, 3.05) is 7.11 Å². The van der Waals surface area contributed by atoms with Crippen molar-refractivity contribution >= 4 is 23.4 Å². The van der Waals surface area contributed by atoms with Gasteiger partial charge in [-0.2, -0.15) is 0 Å². The molecule has 0 fully saturated rings. The molecule has 6 heteroatoms. The summed E-state index contributed by atoms with van der Waals surface area (Å²) in [7, 11) is 1.60. The van der Waals surface area contributed by atoms with Gasteiger partial charge in [-0.25, -0.2) is 9.78 Å². The lowest BCUT2D eigenvalue weighted by molar-refractivity contribution is -0.148. The molecule has 5 nitrogen and oxygen atoms in total. The van der Waals surface area contributed by atoms with Gasteiger partial charge >= 0.3 is 5.97 Å². The van der Waals surface area contributed by atoms with Crippen LogP contribution in [0.3, 0.4) is 0 Å². The van der Waals surface area contributed by atoms with E-state index in [2.05, 4.69) is 4.98 Å². The van der Waals surface area contributed by atoms with Gasteiger partial charge in [0.05, 0.1) is 18.2 Å². The third kappa shape index (κ3) is 6.32. The Hall–Kier alpha value is -2.18. The standard InChI is InChI=1S/C19H23NO4S/c1-19(2,3)24-18(22)10-9-15-12-20-17(25-15)11-16(21)13-5-7-14(23-4)8-6-13/h5-10,12,16,21H,11H2,1-4H3/b10-9+. The average Bonchev–Trinajstić information content (AvgIpc) is 2.99.